The molecule has 0 spiro atoms. The SMILES string of the molecule is CC(CNC(=O)c1cccs1)C(=O)O. The molecule has 1 heterocycles. The Morgan fingerprint density at radius 2 is 2.36 bits per heavy atom. The molecule has 0 bridgehead atoms. The van der Waals surface area contributed by atoms with Gasteiger partial charge in [-0.2, -0.15) is 0 Å². The van der Waals surface area contributed by atoms with Gasteiger partial charge in [0.25, 0.3) is 5.91 Å². The van der Waals surface area contributed by atoms with Crippen LogP contribution in [0.25, 0.3) is 0 Å². The second-order valence-corrected chi connectivity index (χ2v) is 3.87. The van der Waals surface area contributed by atoms with Crippen LogP contribution in [0.1, 0.15) is 16.6 Å². The highest BCUT2D eigenvalue weighted by atomic mass is 32.1. The van der Waals surface area contributed by atoms with E-state index in [-0.39, 0.29) is 12.5 Å². The Kier molecular flexibility index (Phi) is 3.64. The van der Waals surface area contributed by atoms with E-state index < -0.39 is 11.9 Å². The summed E-state index contributed by atoms with van der Waals surface area (Å²) in [5.41, 5.74) is 0. The van der Waals surface area contributed by atoms with Crippen LogP contribution in [0.4, 0.5) is 0 Å². The highest BCUT2D eigenvalue weighted by Crippen LogP contribution is 2.07. The summed E-state index contributed by atoms with van der Waals surface area (Å²) in [6, 6.07) is 3.48. The number of hydrogen-bond acceptors (Lipinski definition) is 3. The highest BCUT2D eigenvalue weighted by molar-refractivity contribution is 7.12. The molecule has 1 aromatic heterocycles. The summed E-state index contributed by atoms with van der Waals surface area (Å²) < 4.78 is 0. The Hall–Kier alpha value is -1.36. The van der Waals surface area contributed by atoms with Crippen LogP contribution in [0, 0.1) is 5.92 Å². The van der Waals surface area contributed by atoms with Gasteiger partial charge in [0.1, 0.15) is 0 Å². The van der Waals surface area contributed by atoms with E-state index in [0.717, 1.165) is 0 Å². The average Bonchev–Trinajstić information content (AvgIpc) is 2.66. The minimum Gasteiger partial charge on any atom is -0.481 e. The quantitative estimate of drug-likeness (QED) is 0.789. The molecule has 4 nitrogen and oxygen atoms in total. The molecule has 0 saturated carbocycles. The summed E-state index contributed by atoms with van der Waals surface area (Å²) >= 11 is 1.33. The Balaban J connectivity index is 2.40. The monoisotopic (exact) mass is 213 g/mol. The van der Waals surface area contributed by atoms with Gasteiger partial charge in [-0.15, -0.1) is 11.3 Å². The van der Waals surface area contributed by atoms with E-state index in [0.29, 0.717) is 4.88 Å². The van der Waals surface area contributed by atoms with Crippen molar-refractivity contribution in [3.05, 3.63) is 22.4 Å². The molecule has 2 N–H and O–H groups in total. The zero-order valence-corrected chi connectivity index (χ0v) is 8.50. The van der Waals surface area contributed by atoms with Gasteiger partial charge in [0.05, 0.1) is 10.8 Å². The molecule has 1 unspecified atom stereocenters. The lowest BCUT2D eigenvalue weighted by molar-refractivity contribution is -0.140. The fourth-order valence-electron chi connectivity index (χ4n) is 0.828. The smallest absolute Gasteiger partial charge is 0.308 e. The lowest BCUT2D eigenvalue weighted by Crippen LogP contribution is -2.30. The van der Waals surface area contributed by atoms with Gasteiger partial charge in [-0.3, -0.25) is 9.59 Å². The van der Waals surface area contributed by atoms with E-state index >= 15 is 0 Å². The first-order chi connectivity index (χ1) is 6.61. The fraction of sp³-hybridized carbons (Fsp3) is 0.333. The summed E-state index contributed by atoms with van der Waals surface area (Å²) in [6.07, 6.45) is 0. The summed E-state index contributed by atoms with van der Waals surface area (Å²) in [5.74, 6) is -1.68. The Labute approximate surface area is 85.6 Å². The second-order valence-electron chi connectivity index (χ2n) is 2.93. The third-order valence-electron chi connectivity index (χ3n) is 1.74. The van der Waals surface area contributed by atoms with Gasteiger partial charge < -0.3 is 10.4 Å². The molecule has 14 heavy (non-hydrogen) atoms. The summed E-state index contributed by atoms with van der Waals surface area (Å²) in [7, 11) is 0. The first-order valence-electron chi connectivity index (χ1n) is 4.15. The molecule has 0 fully saturated rings. The van der Waals surface area contributed by atoms with Crippen LogP contribution in [0.3, 0.4) is 0 Å². The van der Waals surface area contributed by atoms with Crippen molar-refractivity contribution in [3.8, 4) is 0 Å². The first kappa shape index (κ1) is 10.7. The van der Waals surface area contributed by atoms with E-state index in [1.54, 1.807) is 24.4 Å². The fourth-order valence-corrected chi connectivity index (χ4v) is 1.47. The molecule has 0 aromatic carbocycles. The number of carbonyl (C=O) groups excluding carboxylic acids is 1. The number of nitrogens with one attached hydrogen (secondary N) is 1. The van der Waals surface area contributed by atoms with Gasteiger partial charge in [-0.25, -0.2) is 0 Å². The Morgan fingerprint density at radius 3 is 2.86 bits per heavy atom. The summed E-state index contributed by atoms with van der Waals surface area (Å²) in [6.45, 7) is 1.71. The number of carboxylic acid groups (broad SMARTS) is 1. The predicted molar refractivity (Wildman–Crippen MR) is 53.5 cm³/mol. The number of carbonyl (C=O) groups is 2. The number of carboxylic acids is 1. The van der Waals surface area contributed by atoms with Crippen molar-refractivity contribution in [1.29, 1.82) is 0 Å². The van der Waals surface area contributed by atoms with Crippen LogP contribution < -0.4 is 5.32 Å². The number of rotatable bonds is 4. The molecule has 0 aliphatic carbocycles. The molecule has 1 atom stereocenters. The van der Waals surface area contributed by atoms with Crippen molar-refractivity contribution in [2.45, 2.75) is 6.92 Å². The summed E-state index contributed by atoms with van der Waals surface area (Å²) in [4.78, 5) is 22.4. The standard InChI is InChI=1S/C9H11NO3S/c1-6(9(12)13)5-10-8(11)7-3-2-4-14-7/h2-4,6H,5H2,1H3,(H,10,11)(H,12,13). The van der Waals surface area contributed by atoms with E-state index in [1.807, 2.05) is 0 Å². The maximum absolute atomic E-state index is 11.3. The minimum atomic E-state index is -0.906. The predicted octanol–water partition coefficient (Wildman–Crippen LogP) is 1.20. The van der Waals surface area contributed by atoms with Crippen LogP contribution in [0.2, 0.25) is 0 Å². The molecule has 0 saturated heterocycles. The molecular formula is C9H11NO3S. The van der Waals surface area contributed by atoms with E-state index in [4.69, 9.17) is 5.11 Å². The van der Waals surface area contributed by atoms with Gasteiger partial charge in [0, 0.05) is 6.54 Å². The minimum absolute atomic E-state index is 0.159. The van der Waals surface area contributed by atoms with Crippen LogP contribution in [0.15, 0.2) is 17.5 Å². The average molecular weight is 213 g/mol. The Bertz CT molecular complexity index is 321. The van der Waals surface area contributed by atoms with Gasteiger partial charge in [0.2, 0.25) is 0 Å². The zero-order valence-electron chi connectivity index (χ0n) is 7.69. The molecule has 1 amide bonds. The molecular weight excluding hydrogens is 202 g/mol. The largest absolute Gasteiger partial charge is 0.481 e. The molecule has 1 aromatic rings. The van der Waals surface area contributed by atoms with Crippen LogP contribution >= 0.6 is 11.3 Å². The number of aliphatic carboxylic acids is 1. The molecule has 0 radical (unpaired) electrons. The van der Waals surface area contributed by atoms with Crippen molar-refractivity contribution in [2.75, 3.05) is 6.54 Å². The van der Waals surface area contributed by atoms with Gasteiger partial charge in [-0.05, 0) is 11.4 Å². The second kappa shape index (κ2) is 4.76. The van der Waals surface area contributed by atoms with Gasteiger partial charge in [0.15, 0.2) is 0 Å². The Morgan fingerprint density at radius 1 is 1.64 bits per heavy atom. The van der Waals surface area contributed by atoms with Crippen molar-refractivity contribution >= 4 is 23.2 Å². The third-order valence-corrected chi connectivity index (χ3v) is 2.60. The van der Waals surface area contributed by atoms with Gasteiger partial charge in [-0.1, -0.05) is 13.0 Å². The van der Waals surface area contributed by atoms with E-state index in [9.17, 15) is 9.59 Å². The summed E-state index contributed by atoms with van der Waals surface area (Å²) in [5, 5.41) is 12.9. The van der Waals surface area contributed by atoms with Crippen LogP contribution in [0.5, 0.6) is 0 Å². The van der Waals surface area contributed by atoms with Crippen molar-refractivity contribution in [2.24, 2.45) is 5.92 Å². The van der Waals surface area contributed by atoms with Gasteiger partial charge >= 0.3 is 5.97 Å². The topological polar surface area (TPSA) is 66.4 Å². The lowest BCUT2D eigenvalue weighted by atomic mass is 10.2. The lowest BCUT2D eigenvalue weighted by Gasteiger charge is -2.06. The van der Waals surface area contributed by atoms with Crippen molar-refractivity contribution < 1.29 is 14.7 Å². The highest BCUT2D eigenvalue weighted by Gasteiger charge is 2.13. The molecule has 1 rings (SSSR count). The number of amides is 1. The molecule has 0 aliphatic rings. The molecule has 76 valence electrons. The maximum atomic E-state index is 11.3. The van der Waals surface area contributed by atoms with Crippen molar-refractivity contribution in [1.82, 2.24) is 5.32 Å². The van der Waals surface area contributed by atoms with Crippen LogP contribution in [-0.4, -0.2) is 23.5 Å². The first-order valence-corrected chi connectivity index (χ1v) is 5.03. The normalized spacial score (nSPS) is 12.1. The van der Waals surface area contributed by atoms with Crippen LogP contribution in [-0.2, 0) is 4.79 Å². The van der Waals surface area contributed by atoms with E-state index in [1.165, 1.54) is 11.3 Å². The van der Waals surface area contributed by atoms with E-state index in [2.05, 4.69) is 5.32 Å². The zero-order chi connectivity index (χ0) is 10.6. The molecule has 5 heteroatoms. The third kappa shape index (κ3) is 2.85. The molecule has 0 aliphatic heterocycles. The number of thiophene rings is 1. The maximum Gasteiger partial charge on any atom is 0.308 e. The van der Waals surface area contributed by atoms with Crippen molar-refractivity contribution in [3.63, 3.8) is 0 Å². The number of hydrogen-bond donors (Lipinski definition) is 2.